The molecule has 1 aromatic carbocycles. The second kappa shape index (κ2) is 11.6. The number of guanidine groups is 1. The van der Waals surface area contributed by atoms with Gasteiger partial charge in [0.1, 0.15) is 11.6 Å². The Morgan fingerprint density at radius 1 is 1.13 bits per heavy atom. The maximum Gasteiger partial charge on any atom is 0.211 e. The minimum Gasteiger partial charge on any atom is -0.366 e. The van der Waals surface area contributed by atoms with Gasteiger partial charge in [0.05, 0.1) is 11.9 Å². The summed E-state index contributed by atoms with van der Waals surface area (Å²) in [5.74, 6) is 0.332. The molecule has 0 radical (unpaired) electrons. The summed E-state index contributed by atoms with van der Waals surface area (Å²) < 4.78 is 52.4. The molecule has 1 aromatic rings. The number of hydrogen-bond acceptors (Lipinski definition) is 4. The van der Waals surface area contributed by atoms with Crippen LogP contribution in [-0.4, -0.2) is 82.2 Å². The second-order valence-corrected chi connectivity index (χ2v) is 9.85. The van der Waals surface area contributed by atoms with Gasteiger partial charge in [-0.1, -0.05) is 0 Å². The maximum absolute atomic E-state index is 14.1. The number of hydrogen-bond donors (Lipinski definition) is 1. The van der Waals surface area contributed by atoms with Gasteiger partial charge in [0.2, 0.25) is 10.0 Å². The van der Waals surface area contributed by atoms with Gasteiger partial charge in [-0.2, -0.15) is 0 Å². The van der Waals surface area contributed by atoms with Crippen LogP contribution < -0.4 is 10.2 Å². The van der Waals surface area contributed by atoms with Crippen molar-refractivity contribution in [3.8, 4) is 0 Å². The molecule has 176 valence electrons. The van der Waals surface area contributed by atoms with Crippen molar-refractivity contribution in [3.63, 3.8) is 0 Å². The lowest BCUT2D eigenvalue weighted by atomic mass is 9.98. The van der Waals surface area contributed by atoms with Crippen LogP contribution >= 0.6 is 24.0 Å². The monoisotopic (exact) mass is 571 g/mol. The SMILES string of the molecule is CCNC(=NCC1CCN(S(C)(=O)=O)CC1)N1CCN(c2cc(F)ccc2F)CC1.I. The Morgan fingerprint density at radius 3 is 2.35 bits per heavy atom. The van der Waals surface area contributed by atoms with Crippen molar-refractivity contribution in [1.29, 1.82) is 0 Å². The van der Waals surface area contributed by atoms with Gasteiger partial charge >= 0.3 is 0 Å². The second-order valence-electron chi connectivity index (χ2n) is 7.87. The molecule has 7 nitrogen and oxygen atoms in total. The van der Waals surface area contributed by atoms with E-state index in [2.05, 4.69) is 10.2 Å². The summed E-state index contributed by atoms with van der Waals surface area (Å²) in [6, 6.07) is 3.54. The summed E-state index contributed by atoms with van der Waals surface area (Å²) in [6.07, 6.45) is 2.87. The van der Waals surface area contributed by atoms with E-state index in [1.807, 2.05) is 11.8 Å². The molecule has 1 N–H and O–H groups in total. The average molecular weight is 571 g/mol. The number of anilines is 1. The van der Waals surface area contributed by atoms with E-state index in [9.17, 15) is 17.2 Å². The lowest BCUT2D eigenvalue weighted by Crippen LogP contribution is -2.53. The van der Waals surface area contributed by atoms with Crippen LogP contribution in [0.4, 0.5) is 14.5 Å². The van der Waals surface area contributed by atoms with Gasteiger partial charge in [0.15, 0.2) is 5.96 Å². The van der Waals surface area contributed by atoms with Crippen molar-refractivity contribution in [3.05, 3.63) is 29.8 Å². The minimum atomic E-state index is -3.12. The van der Waals surface area contributed by atoms with Gasteiger partial charge in [0.25, 0.3) is 0 Å². The van der Waals surface area contributed by atoms with Gasteiger partial charge < -0.3 is 15.1 Å². The first kappa shape index (κ1) is 26.0. The van der Waals surface area contributed by atoms with E-state index in [4.69, 9.17) is 4.99 Å². The van der Waals surface area contributed by atoms with Crippen LogP contribution in [0.25, 0.3) is 0 Å². The maximum atomic E-state index is 14.1. The molecule has 0 aromatic heterocycles. The summed E-state index contributed by atoms with van der Waals surface area (Å²) >= 11 is 0. The predicted molar refractivity (Wildman–Crippen MR) is 131 cm³/mol. The predicted octanol–water partition coefficient (Wildman–Crippen LogP) is 2.34. The smallest absolute Gasteiger partial charge is 0.211 e. The van der Waals surface area contributed by atoms with E-state index in [0.717, 1.165) is 37.5 Å². The number of piperazine rings is 1. The quantitative estimate of drug-likeness (QED) is 0.334. The number of nitrogens with one attached hydrogen (secondary N) is 1. The van der Waals surface area contributed by atoms with E-state index in [1.165, 1.54) is 16.6 Å². The fourth-order valence-electron chi connectivity index (χ4n) is 3.95. The van der Waals surface area contributed by atoms with Gasteiger partial charge in [0, 0.05) is 58.4 Å². The normalized spacial score (nSPS) is 19.3. The summed E-state index contributed by atoms with van der Waals surface area (Å²) in [4.78, 5) is 8.79. The van der Waals surface area contributed by atoms with E-state index >= 15 is 0 Å². The lowest BCUT2D eigenvalue weighted by Gasteiger charge is -2.38. The average Bonchev–Trinajstić information content (AvgIpc) is 2.73. The summed E-state index contributed by atoms with van der Waals surface area (Å²) in [7, 11) is -3.12. The van der Waals surface area contributed by atoms with E-state index in [1.54, 1.807) is 0 Å². The molecule has 2 aliphatic heterocycles. The first-order valence-corrected chi connectivity index (χ1v) is 12.3. The molecule has 0 atom stereocenters. The minimum absolute atomic E-state index is 0. The summed E-state index contributed by atoms with van der Waals surface area (Å²) in [6.45, 7) is 6.99. The lowest BCUT2D eigenvalue weighted by molar-refractivity contribution is 0.279. The van der Waals surface area contributed by atoms with Crippen LogP contribution in [0.1, 0.15) is 19.8 Å². The van der Waals surface area contributed by atoms with Gasteiger partial charge in [-0.25, -0.2) is 21.5 Å². The van der Waals surface area contributed by atoms with Crippen molar-refractivity contribution in [2.45, 2.75) is 19.8 Å². The Labute approximate surface area is 200 Å². The molecule has 2 heterocycles. The molecule has 11 heteroatoms. The zero-order valence-corrected chi connectivity index (χ0v) is 21.2. The molecular weight excluding hydrogens is 539 g/mol. The standard InChI is InChI=1S/C20H31F2N5O2S.HI/c1-3-23-20(24-15-16-6-8-27(9-7-16)30(2,28)29)26-12-10-25(11-13-26)19-14-17(21)4-5-18(19)22;/h4-5,14,16H,3,6-13,15H2,1-2H3,(H,23,24);1H. The highest BCUT2D eigenvalue weighted by Gasteiger charge is 2.26. The zero-order chi connectivity index (χ0) is 21.7. The van der Waals surface area contributed by atoms with Crippen molar-refractivity contribution in [2.24, 2.45) is 10.9 Å². The van der Waals surface area contributed by atoms with Crippen molar-refractivity contribution in [1.82, 2.24) is 14.5 Å². The first-order chi connectivity index (χ1) is 14.3. The molecule has 0 unspecified atom stereocenters. The Bertz CT molecular complexity index is 855. The van der Waals surface area contributed by atoms with Crippen LogP contribution in [0.15, 0.2) is 23.2 Å². The van der Waals surface area contributed by atoms with Crippen LogP contribution in [0.3, 0.4) is 0 Å². The molecule has 2 fully saturated rings. The molecule has 0 spiro atoms. The van der Waals surface area contributed by atoms with Gasteiger partial charge in [-0.15, -0.1) is 24.0 Å². The number of benzene rings is 1. The number of aliphatic imine (C=N–C) groups is 1. The van der Waals surface area contributed by atoms with E-state index < -0.39 is 21.7 Å². The molecule has 0 saturated carbocycles. The largest absolute Gasteiger partial charge is 0.366 e. The number of piperidine rings is 1. The number of nitrogens with zero attached hydrogens (tertiary/aromatic N) is 4. The number of sulfonamides is 1. The molecule has 2 saturated heterocycles. The number of halogens is 3. The Balaban J connectivity index is 0.00000341. The topological polar surface area (TPSA) is 68.2 Å². The third-order valence-corrected chi connectivity index (χ3v) is 7.01. The summed E-state index contributed by atoms with van der Waals surface area (Å²) in [5, 5.41) is 3.32. The van der Waals surface area contributed by atoms with Crippen LogP contribution in [-0.2, 0) is 10.0 Å². The third-order valence-electron chi connectivity index (χ3n) is 5.70. The molecule has 0 amide bonds. The molecule has 2 aliphatic rings. The summed E-state index contributed by atoms with van der Waals surface area (Å²) in [5.41, 5.74) is 0.300. The van der Waals surface area contributed by atoms with Crippen LogP contribution in [0.5, 0.6) is 0 Å². The van der Waals surface area contributed by atoms with Gasteiger partial charge in [-0.05, 0) is 37.8 Å². The third kappa shape index (κ3) is 7.14. The highest BCUT2D eigenvalue weighted by Crippen LogP contribution is 2.22. The van der Waals surface area contributed by atoms with Crippen LogP contribution in [0, 0.1) is 17.6 Å². The first-order valence-electron chi connectivity index (χ1n) is 10.5. The number of rotatable bonds is 5. The van der Waals surface area contributed by atoms with Crippen molar-refractivity contribution < 1.29 is 17.2 Å². The van der Waals surface area contributed by atoms with E-state index in [-0.39, 0.29) is 24.0 Å². The van der Waals surface area contributed by atoms with Crippen molar-refractivity contribution in [2.75, 3.05) is 63.5 Å². The molecule has 31 heavy (non-hydrogen) atoms. The molecule has 3 rings (SSSR count). The Hall–Kier alpha value is -1.21. The Morgan fingerprint density at radius 2 is 1.77 bits per heavy atom. The molecule has 0 aliphatic carbocycles. The fraction of sp³-hybridized carbons (Fsp3) is 0.650. The fourth-order valence-corrected chi connectivity index (χ4v) is 4.83. The van der Waals surface area contributed by atoms with Crippen LogP contribution in [0.2, 0.25) is 0 Å². The highest BCUT2D eigenvalue weighted by molar-refractivity contribution is 14.0. The Kier molecular flexibility index (Phi) is 9.74. The van der Waals surface area contributed by atoms with Gasteiger partial charge in [-0.3, -0.25) is 4.99 Å². The highest BCUT2D eigenvalue weighted by atomic mass is 127. The molecule has 0 bridgehead atoms. The van der Waals surface area contributed by atoms with Crippen molar-refractivity contribution >= 4 is 45.6 Å². The zero-order valence-electron chi connectivity index (χ0n) is 18.1. The molecular formula is C20H32F2IN5O2S. The van der Waals surface area contributed by atoms with E-state index in [0.29, 0.717) is 57.4 Å².